The van der Waals surface area contributed by atoms with Crippen LogP contribution in [0.1, 0.15) is 31.0 Å². The molecule has 1 aliphatic carbocycles. The molecule has 118 valence electrons. The van der Waals surface area contributed by atoms with E-state index >= 15 is 0 Å². The summed E-state index contributed by atoms with van der Waals surface area (Å²) in [6.07, 6.45) is 3.94. The third-order valence-corrected chi connectivity index (χ3v) is 4.43. The molecule has 2 heterocycles. The van der Waals surface area contributed by atoms with Gasteiger partial charge in [-0.05, 0) is 38.8 Å². The highest BCUT2D eigenvalue weighted by Gasteiger charge is 2.26. The Morgan fingerprint density at radius 1 is 1.38 bits per heavy atom. The number of nitrogens with zero attached hydrogens (tertiary/aromatic N) is 4. The number of aryl methyl sites for hydroxylation is 1. The zero-order valence-electron chi connectivity index (χ0n) is 13.1. The number of rotatable bonds is 8. The van der Waals surface area contributed by atoms with Gasteiger partial charge in [0.1, 0.15) is 0 Å². The van der Waals surface area contributed by atoms with Gasteiger partial charge in [-0.1, -0.05) is 5.16 Å². The molecule has 21 heavy (non-hydrogen) atoms. The first-order valence-corrected chi connectivity index (χ1v) is 8.00. The van der Waals surface area contributed by atoms with Crippen LogP contribution < -0.4 is 0 Å². The lowest BCUT2D eigenvalue weighted by molar-refractivity contribution is 0.100. The third-order valence-electron chi connectivity index (χ3n) is 4.43. The second-order valence-electron chi connectivity index (χ2n) is 6.41. The number of likely N-dealkylation sites (tertiary alicyclic amines) is 1. The molecule has 0 bridgehead atoms. The van der Waals surface area contributed by atoms with Crippen molar-refractivity contribution in [2.75, 3.05) is 39.9 Å². The quantitative estimate of drug-likeness (QED) is 0.674. The van der Waals surface area contributed by atoms with Gasteiger partial charge >= 0.3 is 0 Å². The van der Waals surface area contributed by atoms with Crippen molar-refractivity contribution in [3.63, 3.8) is 0 Å². The summed E-state index contributed by atoms with van der Waals surface area (Å²) in [4.78, 5) is 9.10. The van der Waals surface area contributed by atoms with E-state index < -0.39 is 0 Å². The minimum Gasteiger partial charge on any atom is -0.380 e. The maximum Gasteiger partial charge on any atom is 0.223 e. The monoisotopic (exact) mass is 294 g/mol. The average Bonchev–Trinajstić information content (AvgIpc) is 3.00. The van der Waals surface area contributed by atoms with Gasteiger partial charge in [-0.25, -0.2) is 0 Å². The molecule has 2 fully saturated rings. The van der Waals surface area contributed by atoms with Crippen LogP contribution in [0.4, 0.5) is 0 Å². The van der Waals surface area contributed by atoms with Crippen LogP contribution in [0.5, 0.6) is 0 Å². The van der Waals surface area contributed by atoms with E-state index in [0.717, 1.165) is 51.1 Å². The van der Waals surface area contributed by atoms with E-state index in [0.29, 0.717) is 11.9 Å². The van der Waals surface area contributed by atoms with E-state index in [1.165, 1.54) is 19.3 Å². The number of hydrogen-bond donors (Lipinski definition) is 0. The van der Waals surface area contributed by atoms with Crippen molar-refractivity contribution < 1.29 is 9.26 Å². The van der Waals surface area contributed by atoms with Crippen LogP contribution in [0.15, 0.2) is 4.52 Å². The molecule has 3 rings (SSSR count). The van der Waals surface area contributed by atoms with Gasteiger partial charge in [-0.2, -0.15) is 4.98 Å². The van der Waals surface area contributed by atoms with Crippen molar-refractivity contribution in [2.24, 2.45) is 5.92 Å². The van der Waals surface area contributed by atoms with Crippen molar-refractivity contribution >= 4 is 0 Å². The van der Waals surface area contributed by atoms with E-state index in [4.69, 9.17) is 9.26 Å². The van der Waals surface area contributed by atoms with Gasteiger partial charge in [0.05, 0.1) is 13.2 Å². The third kappa shape index (κ3) is 4.49. The van der Waals surface area contributed by atoms with Crippen molar-refractivity contribution in [3.8, 4) is 0 Å². The molecule has 6 heteroatoms. The average molecular weight is 294 g/mol. The predicted molar refractivity (Wildman–Crippen MR) is 78.9 cm³/mol. The molecule has 2 aliphatic rings. The molecular weight excluding hydrogens is 268 g/mol. The van der Waals surface area contributed by atoms with Crippen LogP contribution in [0.2, 0.25) is 0 Å². The Morgan fingerprint density at radius 3 is 2.95 bits per heavy atom. The second kappa shape index (κ2) is 6.85. The maximum atomic E-state index is 5.73. The highest BCUT2D eigenvalue weighted by molar-refractivity contribution is 4.88. The van der Waals surface area contributed by atoms with Gasteiger partial charge in [0.25, 0.3) is 0 Å². The van der Waals surface area contributed by atoms with Crippen LogP contribution in [-0.4, -0.2) is 65.9 Å². The van der Waals surface area contributed by atoms with E-state index in [1.807, 2.05) is 6.92 Å². The van der Waals surface area contributed by atoms with Gasteiger partial charge in [0, 0.05) is 32.7 Å². The first kappa shape index (κ1) is 14.9. The predicted octanol–water partition coefficient (Wildman–Crippen LogP) is 1.31. The topological polar surface area (TPSA) is 54.6 Å². The minimum atomic E-state index is 0.576. The lowest BCUT2D eigenvalue weighted by atomic mass is 10.2. The number of ether oxygens (including phenoxy) is 1. The molecular formula is C15H26N4O2. The first-order chi connectivity index (χ1) is 10.2. The van der Waals surface area contributed by atoms with Crippen molar-refractivity contribution in [3.05, 3.63) is 11.7 Å². The van der Waals surface area contributed by atoms with Gasteiger partial charge in [0.2, 0.25) is 5.89 Å². The van der Waals surface area contributed by atoms with E-state index in [9.17, 15) is 0 Å². The molecule has 0 radical (unpaired) electrons. The fraction of sp³-hybridized carbons (Fsp3) is 0.867. The molecule has 1 atom stereocenters. The Hall–Kier alpha value is -0.980. The van der Waals surface area contributed by atoms with Gasteiger partial charge in [0.15, 0.2) is 5.82 Å². The summed E-state index contributed by atoms with van der Waals surface area (Å²) in [7, 11) is 2.14. The molecule has 1 saturated heterocycles. The Balaban J connectivity index is 1.34. The summed E-state index contributed by atoms with van der Waals surface area (Å²) < 4.78 is 10.8. The van der Waals surface area contributed by atoms with Crippen LogP contribution in [0.25, 0.3) is 0 Å². The fourth-order valence-corrected chi connectivity index (χ4v) is 2.86. The summed E-state index contributed by atoms with van der Waals surface area (Å²) in [5, 5.41) is 3.97. The van der Waals surface area contributed by atoms with Crippen molar-refractivity contribution in [1.29, 1.82) is 0 Å². The number of aromatic nitrogens is 2. The van der Waals surface area contributed by atoms with Gasteiger partial charge < -0.3 is 9.26 Å². The summed E-state index contributed by atoms with van der Waals surface area (Å²) in [5.74, 6) is 2.28. The Kier molecular flexibility index (Phi) is 4.87. The molecule has 0 N–H and O–H groups in total. The molecule has 1 aromatic rings. The van der Waals surface area contributed by atoms with Crippen LogP contribution in [0.3, 0.4) is 0 Å². The lowest BCUT2D eigenvalue weighted by Gasteiger charge is -2.23. The van der Waals surface area contributed by atoms with Crippen LogP contribution in [-0.2, 0) is 11.3 Å². The highest BCUT2D eigenvalue weighted by atomic mass is 16.5. The second-order valence-corrected chi connectivity index (χ2v) is 6.41. The summed E-state index contributed by atoms with van der Waals surface area (Å²) >= 11 is 0. The van der Waals surface area contributed by atoms with Crippen LogP contribution in [0, 0.1) is 12.8 Å². The van der Waals surface area contributed by atoms with Gasteiger partial charge in [-0.15, -0.1) is 0 Å². The molecule has 6 nitrogen and oxygen atoms in total. The molecule has 1 aliphatic heterocycles. The Labute approximate surface area is 126 Å². The van der Waals surface area contributed by atoms with E-state index in [-0.39, 0.29) is 0 Å². The molecule has 0 amide bonds. The zero-order chi connectivity index (χ0) is 14.7. The molecule has 0 unspecified atom stereocenters. The van der Waals surface area contributed by atoms with Crippen molar-refractivity contribution in [2.45, 2.75) is 38.8 Å². The van der Waals surface area contributed by atoms with Crippen LogP contribution >= 0.6 is 0 Å². The first-order valence-electron chi connectivity index (χ1n) is 8.00. The SMILES string of the molecule is Cc1nc(CN(C)[C@H]2CCN(CCOCC3CC3)C2)no1. The molecule has 0 spiro atoms. The lowest BCUT2D eigenvalue weighted by Crippen LogP contribution is -2.35. The largest absolute Gasteiger partial charge is 0.380 e. The van der Waals surface area contributed by atoms with Crippen molar-refractivity contribution in [1.82, 2.24) is 19.9 Å². The van der Waals surface area contributed by atoms with E-state index in [2.05, 4.69) is 27.0 Å². The maximum absolute atomic E-state index is 5.73. The number of hydrogen-bond acceptors (Lipinski definition) is 6. The Morgan fingerprint density at radius 2 is 2.24 bits per heavy atom. The molecule has 1 aromatic heterocycles. The zero-order valence-corrected chi connectivity index (χ0v) is 13.1. The highest BCUT2D eigenvalue weighted by Crippen LogP contribution is 2.28. The van der Waals surface area contributed by atoms with E-state index in [1.54, 1.807) is 0 Å². The van der Waals surface area contributed by atoms with Gasteiger partial charge in [-0.3, -0.25) is 9.80 Å². The summed E-state index contributed by atoms with van der Waals surface area (Å²) in [6.45, 7) is 7.75. The smallest absolute Gasteiger partial charge is 0.223 e. The summed E-state index contributed by atoms with van der Waals surface area (Å²) in [6, 6.07) is 0.576. The number of likely N-dealkylation sites (N-methyl/N-ethyl adjacent to an activating group) is 1. The summed E-state index contributed by atoms with van der Waals surface area (Å²) in [5.41, 5.74) is 0. The Bertz CT molecular complexity index is 447. The standard InChI is InChI=1S/C15H26N4O2/c1-12-16-15(17-21-12)10-18(2)14-5-6-19(9-14)7-8-20-11-13-3-4-13/h13-14H,3-11H2,1-2H3/t14-/m0/s1. The normalized spacial score (nSPS) is 23.3. The fourth-order valence-electron chi connectivity index (χ4n) is 2.86. The minimum absolute atomic E-state index is 0.576. The molecule has 0 aromatic carbocycles. The molecule has 1 saturated carbocycles.